The fourth-order valence-electron chi connectivity index (χ4n) is 3.97. The molecule has 2 aliphatic heterocycles. The number of esters is 2. The Morgan fingerprint density at radius 3 is 2.24 bits per heavy atom. The predicted molar refractivity (Wildman–Crippen MR) is 122 cm³/mol. The van der Waals surface area contributed by atoms with Crippen molar-refractivity contribution in [2.75, 3.05) is 13.9 Å². The minimum atomic E-state index is -0.656. The molecule has 34 heavy (non-hydrogen) atoms. The van der Waals surface area contributed by atoms with E-state index in [1.54, 1.807) is 32.6 Å². The molecule has 0 saturated heterocycles. The third-order valence-corrected chi connectivity index (χ3v) is 5.49. The number of amides is 1. The topological polar surface area (TPSA) is 101 Å². The van der Waals surface area contributed by atoms with E-state index in [2.05, 4.69) is 6.58 Å². The number of hydrogen-bond acceptors (Lipinski definition) is 8. The lowest BCUT2D eigenvalue weighted by molar-refractivity contribution is -0.154. The molecular weight excluding hydrogens is 442 g/mol. The highest BCUT2D eigenvalue weighted by Crippen LogP contribution is 2.38. The summed E-state index contributed by atoms with van der Waals surface area (Å²) in [7, 11) is 1.31. The number of methoxy groups -OCH3 is 1. The molecule has 0 aromatic heterocycles. The van der Waals surface area contributed by atoms with Crippen LogP contribution in [0.4, 0.5) is 4.79 Å². The first-order valence-corrected chi connectivity index (χ1v) is 11.3. The molecule has 0 spiro atoms. The minimum Gasteiger partial charge on any atom is -0.469 e. The maximum absolute atomic E-state index is 13.0. The van der Waals surface area contributed by atoms with Gasteiger partial charge in [-0.25, -0.2) is 4.79 Å². The average Bonchev–Trinajstić information content (AvgIpc) is 3.35. The number of ether oxygens (including phenoxy) is 5. The molecule has 0 saturated carbocycles. The van der Waals surface area contributed by atoms with Crippen molar-refractivity contribution in [1.29, 1.82) is 0 Å². The normalized spacial score (nSPS) is 15.9. The molecule has 2 aliphatic rings. The lowest BCUT2D eigenvalue weighted by Gasteiger charge is -2.25. The van der Waals surface area contributed by atoms with E-state index < -0.39 is 35.7 Å². The molecule has 3 rings (SSSR count). The minimum absolute atomic E-state index is 0.00135. The molecule has 1 aromatic rings. The van der Waals surface area contributed by atoms with Gasteiger partial charge >= 0.3 is 18.0 Å². The summed E-state index contributed by atoms with van der Waals surface area (Å²) in [5.74, 6) is 0.0255. The van der Waals surface area contributed by atoms with Crippen molar-refractivity contribution in [3.8, 4) is 11.5 Å². The molecule has 0 fully saturated rings. The zero-order valence-electron chi connectivity index (χ0n) is 20.5. The molecule has 0 bridgehead atoms. The number of benzene rings is 1. The Hall–Kier alpha value is -3.23. The molecule has 9 heteroatoms. The number of fused-ring (bicyclic) bond motifs is 2. The van der Waals surface area contributed by atoms with Crippen molar-refractivity contribution in [2.24, 2.45) is 5.92 Å². The molecule has 9 nitrogen and oxygen atoms in total. The van der Waals surface area contributed by atoms with E-state index in [1.807, 2.05) is 12.1 Å². The van der Waals surface area contributed by atoms with E-state index in [0.29, 0.717) is 30.2 Å². The number of carbonyl (C=O) groups excluding carboxylic acids is 3. The smallest absolute Gasteiger partial charge is 0.410 e. The van der Waals surface area contributed by atoms with Crippen LogP contribution in [0.5, 0.6) is 11.5 Å². The van der Waals surface area contributed by atoms with Crippen molar-refractivity contribution >= 4 is 18.0 Å². The standard InChI is InChI=1S/C25H33NO8/c1-15(8-22(27)34-25(3,4)5)7-19(9-16(2)23(28)30-6)33-24(29)26-12-17-10-20-21(32-14-31-20)11-18(17)13-26/h10-11,16,19H,1,7-9,12-14H2,2-6H3/t16-,19?/m0/s1. The van der Waals surface area contributed by atoms with Gasteiger partial charge in [-0.15, -0.1) is 0 Å². The van der Waals surface area contributed by atoms with Crippen molar-refractivity contribution in [3.05, 3.63) is 35.4 Å². The van der Waals surface area contributed by atoms with E-state index in [4.69, 9.17) is 23.7 Å². The molecule has 0 N–H and O–H groups in total. The van der Waals surface area contributed by atoms with Crippen LogP contribution in [0.2, 0.25) is 0 Å². The van der Waals surface area contributed by atoms with Crippen LogP contribution in [0, 0.1) is 5.92 Å². The molecule has 0 aliphatic carbocycles. The zero-order chi connectivity index (χ0) is 25.0. The molecular formula is C25H33NO8. The zero-order valence-corrected chi connectivity index (χ0v) is 20.5. The van der Waals surface area contributed by atoms with Gasteiger partial charge in [-0.2, -0.15) is 0 Å². The Bertz CT molecular complexity index is 931. The number of hydrogen-bond donors (Lipinski definition) is 0. The first kappa shape index (κ1) is 25.4. The average molecular weight is 476 g/mol. The van der Waals surface area contributed by atoms with Crippen molar-refractivity contribution in [2.45, 2.75) is 71.8 Å². The van der Waals surface area contributed by atoms with Crippen LogP contribution >= 0.6 is 0 Å². The van der Waals surface area contributed by atoms with E-state index in [-0.39, 0.29) is 26.1 Å². The Morgan fingerprint density at radius 1 is 1.12 bits per heavy atom. The maximum Gasteiger partial charge on any atom is 0.410 e. The summed E-state index contributed by atoms with van der Waals surface area (Å²) in [6.45, 7) is 12.0. The van der Waals surface area contributed by atoms with Crippen molar-refractivity contribution in [1.82, 2.24) is 4.90 Å². The lowest BCUT2D eigenvalue weighted by atomic mass is 9.97. The van der Waals surface area contributed by atoms with Gasteiger partial charge in [0.25, 0.3) is 0 Å². The van der Waals surface area contributed by atoms with Gasteiger partial charge < -0.3 is 23.7 Å². The van der Waals surface area contributed by atoms with Crippen LogP contribution in [0.25, 0.3) is 0 Å². The molecule has 186 valence electrons. The second kappa shape index (κ2) is 10.4. The quantitative estimate of drug-likeness (QED) is 0.315. The largest absolute Gasteiger partial charge is 0.469 e. The summed E-state index contributed by atoms with van der Waals surface area (Å²) in [5, 5.41) is 0. The van der Waals surface area contributed by atoms with E-state index in [9.17, 15) is 14.4 Å². The van der Waals surface area contributed by atoms with E-state index >= 15 is 0 Å². The Morgan fingerprint density at radius 2 is 1.71 bits per heavy atom. The van der Waals surface area contributed by atoms with E-state index in [0.717, 1.165) is 11.1 Å². The van der Waals surface area contributed by atoms with Gasteiger partial charge in [0.15, 0.2) is 11.5 Å². The predicted octanol–water partition coefficient (Wildman–Crippen LogP) is 4.11. The number of nitrogens with zero attached hydrogens (tertiary/aromatic N) is 1. The summed E-state index contributed by atoms with van der Waals surface area (Å²) >= 11 is 0. The lowest BCUT2D eigenvalue weighted by Crippen LogP contribution is -2.32. The summed E-state index contributed by atoms with van der Waals surface area (Å²) in [5.41, 5.74) is 1.88. The van der Waals surface area contributed by atoms with E-state index in [1.165, 1.54) is 7.11 Å². The van der Waals surface area contributed by atoms with Crippen molar-refractivity contribution in [3.63, 3.8) is 0 Å². The van der Waals surface area contributed by atoms with Gasteiger partial charge in [0, 0.05) is 19.5 Å². The van der Waals surface area contributed by atoms with Gasteiger partial charge in [0.1, 0.15) is 11.7 Å². The highest BCUT2D eigenvalue weighted by molar-refractivity contribution is 5.73. The van der Waals surface area contributed by atoms with Crippen LogP contribution in [-0.2, 0) is 36.9 Å². The van der Waals surface area contributed by atoms with Gasteiger partial charge in [-0.3, -0.25) is 14.5 Å². The monoisotopic (exact) mass is 475 g/mol. The third kappa shape index (κ3) is 6.65. The summed E-state index contributed by atoms with van der Waals surface area (Å²) in [6, 6.07) is 3.76. The maximum atomic E-state index is 13.0. The summed E-state index contributed by atoms with van der Waals surface area (Å²) in [4.78, 5) is 38.7. The number of carbonyl (C=O) groups is 3. The van der Waals surface area contributed by atoms with Crippen LogP contribution in [0.3, 0.4) is 0 Å². The number of rotatable bonds is 8. The first-order valence-electron chi connectivity index (χ1n) is 11.3. The van der Waals surface area contributed by atoms with Gasteiger partial charge in [-0.1, -0.05) is 19.1 Å². The molecule has 2 heterocycles. The second-order valence-electron chi connectivity index (χ2n) is 9.71. The molecule has 1 unspecified atom stereocenters. The van der Waals surface area contributed by atoms with Crippen molar-refractivity contribution < 1.29 is 38.1 Å². The Kier molecular flexibility index (Phi) is 7.74. The molecule has 1 aromatic carbocycles. The van der Waals surface area contributed by atoms with Crippen LogP contribution in [0.1, 0.15) is 58.1 Å². The second-order valence-corrected chi connectivity index (χ2v) is 9.71. The van der Waals surface area contributed by atoms with Crippen LogP contribution in [0.15, 0.2) is 24.3 Å². The molecule has 1 amide bonds. The fourth-order valence-corrected chi connectivity index (χ4v) is 3.97. The third-order valence-electron chi connectivity index (χ3n) is 5.49. The fraction of sp³-hybridized carbons (Fsp3) is 0.560. The van der Waals surface area contributed by atoms with Gasteiger partial charge in [-0.05, 0) is 50.5 Å². The molecule has 2 atom stereocenters. The summed E-state index contributed by atoms with van der Waals surface area (Å²) in [6.07, 6.45) is -0.702. The Labute approximate surface area is 199 Å². The van der Waals surface area contributed by atoms with Crippen LogP contribution in [-0.4, -0.2) is 48.5 Å². The highest BCUT2D eigenvalue weighted by atomic mass is 16.7. The van der Waals surface area contributed by atoms with Crippen LogP contribution < -0.4 is 9.47 Å². The SMILES string of the molecule is C=C(CC(=O)OC(C)(C)C)CC(C[C@H](C)C(=O)OC)OC(=O)N1Cc2cc3c(cc2C1)OCO3. The first-order chi connectivity index (χ1) is 15.9. The van der Waals surface area contributed by atoms with Gasteiger partial charge in [0.2, 0.25) is 6.79 Å². The highest BCUT2D eigenvalue weighted by Gasteiger charge is 2.31. The summed E-state index contributed by atoms with van der Waals surface area (Å²) < 4.78 is 26.8. The molecule has 0 radical (unpaired) electrons. The van der Waals surface area contributed by atoms with Gasteiger partial charge in [0.05, 0.1) is 19.4 Å². The Balaban J connectivity index is 1.63.